The summed E-state index contributed by atoms with van der Waals surface area (Å²) in [4.78, 5) is 36.8. The molecule has 164 valence electrons. The highest BCUT2D eigenvalue weighted by atomic mass is 32.1. The number of thiazole rings is 1. The van der Waals surface area contributed by atoms with Crippen LogP contribution in [0.25, 0.3) is 0 Å². The molecule has 1 amide bonds. The summed E-state index contributed by atoms with van der Waals surface area (Å²) in [5.41, 5.74) is 1.63. The van der Waals surface area contributed by atoms with Gasteiger partial charge in [0.05, 0.1) is 10.7 Å². The van der Waals surface area contributed by atoms with Crippen LogP contribution < -0.4 is 0 Å². The van der Waals surface area contributed by atoms with Gasteiger partial charge in [0.1, 0.15) is 11.3 Å². The number of likely N-dealkylation sites (tertiary alicyclic amines) is 1. The zero-order chi connectivity index (χ0) is 22.0. The number of piperidine rings is 1. The minimum atomic E-state index is -0.598. The van der Waals surface area contributed by atoms with Crippen LogP contribution in [0.15, 0.2) is 40.9 Å². The molecule has 0 saturated carbocycles. The van der Waals surface area contributed by atoms with Crippen molar-refractivity contribution in [3.8, 4) is 0 Å². The first-order chi connectivity index (χ1) is 14.8. The van der Waals surface area contributed by atoms with E-state index in [0.717, 1.165) is 23.5 Å². The molecule has 0 radical (unpaired) electrons. The van der Waals surface area contributed by atoms with E-state index >= 15 is 0 Å². The van der Waals surface area contributed by atoms with Crippen LogP contribution in [0.5, 0.6) is 0 Å². The minimum Gasteiger partial charge on any atom is -0.444 e. The van der Waals surface area contributed by atoms with Gasteiger partial charge in [-0.05, 0) is 33.6 Å². The van der Waals surface area contributed by atoms with Crippen molar-refractivity contribution in [2.45, 2.75) is 57.7 Å². The van der Waals surface area contributed by atoms with Gasteiger partial charge in [0.2, 0.25) is 5.78 Å². The number of oxime groups is 1. The fourth-order valence-corrected chi connectivity index (χ4v) is 4.70. The fourth-order valence-electron chi connectivity index (χ4n) is 3.70. The first-order valence-corrected chi connectivity index (χ1v) is 11.4. The molecule has 8 heteroatoms. The Balaban J connectivity index is 1.32. The van der Waals surface area contributed by atoms with Crippen molar-refractivity contribution in [2.75, 3.05) is 13.1 Å². The minimum absolute atomic E-state index is 0.0654. The van der Waals surface area contributed by atoms with Gasteiger partial charge in [0.25, 0.3) is 0 Å². The Morgan fingerprint density at radius 2 is 1.87 bits per heavy atom. The Labute approximate surface area is 186 Å². The molecule has 1 aromatic carbocycles. The number of rotatable bonds is 4. The van der Waals surface area contributed by atoms with Crippen molar-refractivity contribution in [2.24, 2.45) is 5.16 Å². The van der Waals surface area contributed by atoms with Gasteiger partial charge in [-0.1, -0.05) is 35.5 Å². The average Bonchev–Trinajstić information content (AvgIpc) is 3.42. The monoisotopic (exact) mass is 441 g/mol. The summed E-state index contributed by atoms with van der Waals surface area (Å²) in [6.07, 6.45) is 1.28. The molecule has 1 saturated heterocycles. The van der Waals surface area contributed by atoms with Crippen LogP contribution in [0.1, 0.15) is 67.0 Å². The predicted molar refractivity (Wildman–Crippen MR) is 119 cm³/mol. The predicted octanol–water partition coefficient (Wildman–Crippen LogP) is 4.63. The molecule has 1 aromatic heterocycles. The first kappa shape index (κ1) is 21.5. The smallest absolute Gasteiger partial charge is 0.410 e. The van der Waals surface area contributed by atoms with Gasteiger partial charge >= 0.3 is 6.09 Å². The van der Waals surface area contributed by atoms with Crippen LogP contribution in [-0.4, -0.2) is 52.3 Å². The molecule has 0 N–H and O–H groups in total. The summed E-state index contributed by atoms with van der Waals surface area (Å²) >= 11 is 1.60. The molecule has 2 aliphatic rings. The summed E-state index contributed by atoms with van der Waals surface area (Å²) in [6, 6.07) is 9.13. The van der Waals surface area contributed by atoms with Gasteiger partial charge in [-0.25, -0.2) is 9.78 Å². The van der Waals surface area contributed by atoms with E-state index in [0.29, 0.717) is 36.7 Å². The number of carbonyl (C=O) groups excluding carboxylic acids is 2. The second-order valence-corrected chi connectivity index (χ2v) is 9.77. The lowest BCUT2D eigenvalue weighted by molar-refractivity contribution is 0.0204. The van der Waals surface area contributed by atoms with Crippen LogP contribution in [-0.2, 0) is 9.57 Å². The van der Waals surface area contributed by atoms with Crippen LogP contribution in [0, 0.1) is 0 Å². The number of ether oxygens (including phenoxy) is 1. The van der Waals surface area contributed by atoms with Crippen LogP contribution in [0.3, 0.4) is 0 Å². The van der Waals surface area contributed by atoms with E-state index in [1.807, 2.05) is 44.4 Å². The van der Waals surface area contributed by atoms with Crippen molar-refractivity contribution < 1.29 is 19.2 Å². The Kier molecular flexibility index (Phi) is 6.09. The highest BCUT2D eigenvalue weighted by molar-refractivity contribution is 7.10. The maximum absolute atomic E-state index is 12.6. The van der Waals surface area contributed by atoms with Crippen molar-refractivity contribution in [3.63, 3.8) is 0 Å². The lowest BCUT2D eigenvalue weighted by Crippen LogP contribution is -2.41. The summed E-state index contributed by atoms with van der Waals surface area (Å²) in [5.74, 6) is 0.242. The number of ketones is 1. The topological polar surface area (TPSA) is 81.1 Å². The Bertz CT molecular complexity index is 972. The summed E-state index contributed by atoms with van der Waals surface area (Å²) in [7, 11) is 0. The number of benzene rings is 1. The molecule has 31 heavy (non-hydrogen) atoms. The third kappa shape index (κ3) is 5.12. The number of aromatic nitrogens is 1. The Hall–Kier alpha value is -2.74. The number of hydrogen-bond donors (Lipinski definition) is 0. The van der Waals surface area contributed by atoms with Crippen LogP contribution in [0.4, 0.5) is 4.79 Å². The summed E-state index contributed by atoms with van der Waals surface area (Å²) in [6.45, 7) is 6.95. The zero-order valence-electron chi connectivity index (χ0n) is 18.0. The highest BCUT2D eigenvalue weighted by Crippen LogP contribution is 2.32. The van der Waals surface area contributed by atoms with Crippen molar-refractivity contribution in [3.05, 3.63) is 52.0 Å². The zero-order valence-corrected chi connectivity index (χ0v) is 18.9. The molecule has 0 aliphatic carbocycles. The number of nitrogens with zero attached hydrogens (tertiary/aromatic N) is 3. The number of Topliss-reactive ketones (excluding diaryl/α,β-unsaturated/α-hetero) is 1. The normalized spacial score (nSPS) is 19.6. The van der Waals surface area contributed by atoms with Crippen molar-refractivity contribution in [1.82, 2.24) is 9.88 Å². The molecule has 2 aromatic rings. The quantitative estimate of drug-likeness (QED) is 0.646. The Morgan fingerprint density at radius 3 is 2.55 bits per heavy atom. The third-order valence-electron chi connectivity index (χ3n) is 5.33. The van der Waals surface area contributed by atoms with Crippen molar-refractivity contribution >= 4 is 28.9 Å². The highest BCUT2D eigenvalue weighted by Gasteiger charge is 2.32. The molecule has 0 spiro atoms. The van der Waals surface area contributed by atoms with Crippen molar-refractivity contribution in [1.29, 1.82) is 0 Å². The van der Waals surface area contributed by atoms with Crippen LogP contribution in [0.2, 0.25) is 0 Å². The van der Waals surface area contributed by atoms with E-state index in [1.165, 1.54) is 0 Å². The van der Waals surface area contributed by atoms with Gasteiger partial charge < -0.3 is 14.5 Å². The first-order valence-electron chi connectivity index (χ1n) is 10.6. The van der Waals surface area contributed by atoms with Gasteiger partial charge in [0.15, 0.2) is 6.10 Å². The number of carbonyl (C=O) groups is 2. The lowest BCUT2D eigenvalue weighted by atomic mass is 9.97. The molecule has 7 nitrogen and oxygen atoms in total. The number of hydrogen-bond acceptors (Lipinski definition) is 7. The van der Waals surface area contributed by atoms with Gasteiger partial charge in [0, 0.05) is 36.4 Å². The van der Waals surface area contributed by atoms with E-state index in [4.69, 9.17) is 14.6 Å². The second kappa shape index (κ2) is 8.78. The maximum atomic E-state index is 12.6. The standard InChI is InChI=1S/C23H27N3O4S/c1-23(2,3)29-22(28)26-11-9-16(10-12-26)21-24-18(14-31-21)17-13-19(30-25-17)20(27)15-7-5-4-6-8-15/h4-8,14,16,19H,9-13H2,1-3H3. The second-order valence-electron chi connectivity index (χ2n) is 8.88. The van der Waals surface area contributed by atoms with E-state index in [-0.39, 0.29) is 11.9 Å². The SMILES string of the molecule is CC(C)(C)OC(=O)N1CCC(c2nc(C3=NOC(C(=O)c4ccccc4)C3)cs2)CC1. The average molecular weight is 442 g/mol. The molecule has 1 fully saturated rings. The fraction of sp³-hybridized carbons (Fsp3) is 0.478. The number of amides is 1. The molecule has 0 bridgehead atoms. The van der Waals surface area contributed by atoms with E-state index in [1.54, 1.807) is 28.4 Å². The summed E-state index contributed by atoms with van der Waals surface area (Å²) in [5, 5.41) is 7.15. The largest absolute Gasteiger partial charge is 0.444 e. The van der Waals surface area contributed by atoms with E-state index < -0.39 is 11.7 Å². The van der Waals surface area contributed by atoms with E-state index in [9.17, 15) is 9.59 Å². The van der Waals surface area contributed by atoms with Gasteiger partial charge in [-0.2, -0.15) is 0 Å². The van der Waals surface area contributed by atoms with Gasteiger partial charge in [-0.3, -0.25) is 4.79 Å². The van der Waals surface area contributed by atoms with E-state index in [2.05, 4.69) is 5.16 Å². The molecule has 1 atom stereocenters. The molecule has 2 aliphatic heterocycles. The summed E-state index contributed by atoms with van der Waals surface area (Å²) < 4.78 is 5.47. The molecule has 4 rings (SSSR count). The van der Waals surface area contributed by atoms with Crippen LogP contribution >= 0.6 is 11.3 Å². The Morgan fingerprint density at radius 1 is 1.16 bits per heavy atom. The molecule has 3 heterocycles. The third-order valence-corrected chi connectivity index (χ3v) is 6.34. The molecular formula is C23H27N3O4S. The maximum Gasteiger partial charge on any atom is 0.410 e. The van der Waals surface area contributed by atoms with Gasteiger partial charge in [-0.15, -0.1) is 11.3 Å². The lowest BCUT2D eigenvalue weighted by Gasteiger charge is -2.32. The molecule has 1 unspecified atom stereocenters. The molecular weight excluding hydrogens is 414 g/mol.